The molecule has 0 aliphatic rings. The molecule has 0 spiro atoms. The largest absolute Gasteiger partial charge is 0.401 e. The van der Waals surface area contributed by atoms with Gasteiger partial charge in [-0.05, 0) is 45.7 Å². The standard InChI is InChI=1S/C16H22F3NO/c1-10(2)20(9-16(17,18)19)8-14(21)15-12(4)6-11(3)7-13(15)5/h6-7,10H,8-9H2,1-5H3. The zero-order valence-electron chi connectivity index (χ0n) is 13.1. The summed E-state index contributed by atoms with van der Waals surface area (Å²) >= 11 is 0. The maximum atomic E-state index is 12.6. The van der Waals surface area contributed by atoms with Gasteiger partial charge < -0.3 is 0 Å². The number of benzene rings is 1. The van der Waals surface area contributed by atoms with Crippen LogP contribution in [0.5, 0.6) is 0 Å². The van der Waals surface area contributed by atoms with Gasteiger partial charge in [0, 0.05) is 11.6 Å². The van der Waals surface area contributed by atoms with Gasteiger partial charge in [-0.25, -0.2) is 0 Å². The van der Waals surface area contributed by atoms with Crippen LogP contribution in [-0.2, 0) is 0 Å². The quantitative estimate of drug-likeness (QED) is 0.764. The van der Waals surface area contributed by atoms with E-state index in [1.807, 2.05) is 32.9 Å². The second-order valence-corrected chi connectivity index (χ2v) is 5.81. The van der Waals surface area contributed by atoms with Crippen LogP contribution in [0.1, 0.15) is 40.9 Å². The Hall–Kier alpha value is -1.36. The highest BCUT2D eigenvalue weighted by molar-refractivity contribution is 6.00. The SMILES string of the molecule is Cc1cc(C)c(C(=O)CN(CC(F)(F)F)C(C)C)c(C)c1. The first-order valence-corrected chi connectivity index (χ1v) is 6.93. The van der Waals surface area contributed by atoms with Gasteiger partial charge in [-0.1, -0.05) is 17.7 Å². The van der Waals surface area contributed by atoms with E-state index < -0.39 is 12.7 Å². The third-order valence-corrected chi connectivity index (χ3v) is 3.42. The summed E-state index contributed by atoms with van der Waals surface area (Å²) in [4.78, 5) is 13.5. The molecular weight excluding hydrogens is 279 g/mol. The predicted molar refractivity (Wildman–Crippen MR) is 77.7 cm³/mol. The zero-order chi connectivity index (χ0) is 16.4. The van der Waals surface area contributed by atoms with Gasteiger partial charge in [-0.2, -0.15) is 13.2 Å². The molecule has 1 aromatic carbocycles. The van der Waals surface area contributed by atoms with Crippen molar-refractivity contribution in [2.75, 3.05) is 13.1 Å². The van der Waals surface area contributed by atoms with Crippen molar-refractivity contribution >= 4 is 5.78 Å². The summed E-state index contributed by atoms with van der Waals surface area (Å²) in [6.45, 7) is 7.59. The van der Waals surface area contributed by atoms with Crippen LogP contribution < -0.4 is 0 Å². The summed E-state index contributed by atoms with van der Waals surface area (Å²) in [7, 11) is 0. The first kappa shape index (κ1) is 17.7. The van der Waals surface area contributed by atoms with Gasteiger partial charge in [0.05, 0.1) is 13.1 Å². The summed E-state index contributed by atoms with van der Waals surface area (Å²) < 4.78 is 37.7. The molecule has 0 heterocycles. The van der Waals surface area contributed by atoms with Gasteiger partial charge in [0.2, 0.25) is 0 Å². The Morgan fingerprint density at radius 3 is 2.00 bits per heavy atom. The Balaban J connectivity index is 2.98. The average Bonchev–Trinajstić information content (AvgIpc) is 2.24. The van der Waals surface area contributed by atoms with E-state index in [1.54, 1.807) is 13.8 Å². The fraction of sp³-hybridized carbons (Fsp3) is 0.562. The molecule has 0 N–H and O–H groups in total. The van der Waals surface area contributed by atoms with Crippen LogP contribution >= 0.6 is 0 Å². The molecule has 5 heteroatoms. The third kappa shape index (κ3) is 5.16. The van der Waals surface area contributed by atoms with Crippen molar-refractivity contribution in [3.8, 4) is 0 Å². The van der Waals surface area contributed by atoms with Gasteiger partial charge in [-0.15, -0.1) is 0 Å². The number of nitrogens with zero attached hydrogens (tertiary/aromatic N) is 1. The predicted octanol–water partition coefficient (Wildman–Crippen LogP) is 4.07. The number of alkyl halides is 3. The molecule has 0 fully saturated rings. The van der Waals surface area contributed by atoms with Crippen LogP contribution in [-0.4, -0.2) is 36.0 Å². The van der Waals surface area contributed by atoms with E-state index in [2.05, 4.69) is 0 Å². The van der Waals surface area contributed by atoms with E-state index in [-0.39, 0.29) is 18.4 Å². The number of carbonyl (C=O) groups is 1. The molecular formula is C16H22F3NO. The van der Waals surface area contributed by atoms with Crippen LogP contribution in [0.2, 0.25) is 0 Å². The van der Waals surface area contributed by atoms with Crippen LogP contribution in [0.15, 0.2) is 12.1 Å². The highest BCUT2D eigenvalue weighted by Gasteiger charge is 2.33. The highest BCUT2D eigenvalue weighted by atomic mass is 19.4. The van der Waals surface area contributed by atoms with Crippen molar-refractivity contribution in [3.05, 3.63) is 34.4 Å². The third-order valence-electron chi connectivity index (χ3n) is 3.42. The van der Waals surface area contributed by atoms with Crippen LogP contribution in [0, 0.1) is 20.8 Å². The van der Waals surface area contributed by atoms with Crippen molar-refractivity contribution in [3.63, 3.8) is 0 Å². The summed E-state index contributed by atoms with van der Waals surface area (Å²) in [6.07, 6.45) is -4.30. The zero-order valence-corrected chi connectivity index (χ0v) is 13.1. The number of carbonyl (C=O) groups excluding carboxylic acids is 1. The molecule has 0 saturated carbocycles. The number of ketones is 1. The smallest absolute Gasteiger partial charge is 0.293 e. The first-order chi connectivity index (χ1) is 9.51. The molecule has 0 amide bonds. The van der Waals surface area contributed by atoms with E-state index in [0.29, 0.717) is 5.56 Å². The van der Waals surface area contributed by atoms with E-state index in [0.717, 1.165) is 21.6 Å². The molecule has 0 unspecified atom stereocenters. The Bertz CT molecular complexity index is 498. The highest BCUT2D eigenvalue weighted by Crippen LogP contribution is 2.21. The molecule has 21 heavy (non-hydrogen) atoms. The van der Waals surface area contributed by atoms with E-state index in [1.165, 1.54) is 0 Å². The lowest BCUT2D eigenvalue weighted by Crippen LogP contribution is -2.42. The molecule has 2 nitrogen and oxygen atoms in total. The molecule has 0 saturated heterocycles. The minimum Gasteiger partial charge on any atom is -0.293 e. The van der Waals surface area contributed by atoms with E-state index in [9.17, 15) is 18.0 Å². The van der Waals surface area contributed by atoms with Gasteiger partial charge in [-0.3, -0.25) is 9.69 Å². The second-order valence-electron chi connectivity index (χ2n) is 5.81. The van der Waals surface area contributed by atoms with Crippen LogP contribution in [0.25, 0.3) is 0 Å². The van der Waals surface area contributed by atoms with Gasteiger partial charge in [0.15, 0.2) is 5.78 Å². The Labute approximate surface area is 123 Å². The molecule has 1 rings (SSSR count). The van der Waals surface area contributed by atoms with Crippen molar-refractivity contribution in [2.24, 2.45) is 0 Å². The number of aryl methyl sites for hydroxylation is 3. The fourth-order valence-electron chi connectivity index (χ4n) is 2.53. The molecule has 0 aliphatic carbocycles. The minimum atomic E-state index is -4.30. The Morgan fingerprint density at radius 2 is 1.62 bits per heavy atom. The normalized spacial score (nSPS) is 12.3. The van der Waals surface area contributed by atoms with Crippen molar-refractivity contribution < 1.29 is 18.0 Å². The van der Waals surface area contributed by atoms with Crippen molar-refractivity contribution in [1.29, 1.82) is 0 Å². The summed E-state index contributed by atoms with van der Waals surface area (Å²) in [6, 6.07) is 3.41. The maximum Gasteiger partial charge on any atom is 0.401 e. The molecule has 0 bridgehead atoms. The fourth-order valence-corrected chi connectivity index (χ4v) is 2.53. The van der Waals surface area contributed by atoms with Crippen LogP contribution in [0.3, 0.4) is 0 Å². The Morgan fingerprint density at radius 1 is 1.14 bits per heavy atom. The topological polar surface area (TPSA) is 20.3 Å². The summed E-state index contributed by atoms with van der Waals surface area (Å²) in [5, 5.41) is 0. The summed E-state index contributed by atoms with van der Waals surface area (Å²) in [5.74, 6) is -0.261. The van der Waals surface area contributed by atoms with Crippen molar-refractivity contribution in [1.82, 2.24) is 4.90 Å². The number of rotatable bonds is 5. The molecule has 0 aromatic heterocycles. The van der Waals surface area contributed by atoms with Gasteiger partial charge in [0.25, 0.3) is 0 Å². The molecule has 118 valence electrons. The van der Waals surface area contributed by atoms with Gasteiger partial charge >= 0.3 is 6.18 Å². The number of hydrogen-bond donors (Lipinski definition) is 0. The van der Waals surface area contributed by atoms with E-state index >= 15 is 0 Å². The van der Waals surface area contributed by atoms with Gasteiger partial charge in [0.1, 0.15) is 0 Å². The average molecular weight is 301 g/mol. The lowest BCUT2D eigenvalue weighted by molar-refractivity contribution is -0.148. The molecule has 0 radical (unpaired) electrons. The number of halogens is 3. The molecule has 0 aliphatic heterocycles. The molecule has 1 aromatic rings. The lowest BCUT2D eigenvalue weighted by atomic mass is 9.96. The monoisotopic (exact) mass is 301 g/mol. The van der Waals surface area contributed by atoms with Crippen LogP contribution in [0.4, 0.5) is 13.2 Å². The number of hydrogen-bond acceptors (Lipinski definition) is 2. The lowest BCUT2D eigenvalue weighted by Gasteiger charge is -2.27. The second kappa shape index (κ2) is 6.60. The van der Waals surface area contributed by atoms with Crippen molar-refractivity contribution in [2.45, 2.75) is 46.8 Å². The maximum absolute atomic E-state index is 12.6. The Kier molecular flexibility index (Phi) is 5.56. The summed E-state index contributed by atoms with van der Waals surface area (Å²) in [5.41, 5.74) is 3.20. The molecule has 0 atom stereocenters. The first-order valence-electron chi connectivity index (χ1n) is 6.93. The minimum absolute atomic E-state index is 0.220. The van der Waals surface area contributed by atoms with E-state index in [4.69, 9.17) is 0 Å². The number of Topliss-reactive ketones (excluding diaryl/α,β-unsaturated/α-hetero) is 1.